The molecule has 136 valence electrons. The second-order valence-electron chi connectivity index (χ2n) is 7.30. The molecule has 2 fully saturated rings. The lowest BCUT2D eigenvalue weighted by Crippen LogP contribution is -2.54. The average Bonchev–Trinajstić information content (AvgIpc) is 3.42. The molecule has 0 heterocycles. The summed E-state index contributed by atoms with van der Waals surface area (Å²) in [6.45, 7) is 7.31. The zero-order valence-corrected chi connectivity index (χ0v) is 15.7. The van der Waals surface area contributed by atoms with Crippen LogP contribution in [0.25, 0.3) is 0 Å². The van der Waals surface area contributed by atoms with E-state index in [9.17, 15) is 18.0 Å². The molecule has 2 saturated carbocycles. The molecule has 0 spiro atoms. The van der Waals surface area contributed by atoms with Crippen LogP contribution < -0.4 is 10.0 Å². The van der Waals surface area contributed by atoms with Crippen molar-refractivity contribution < 1.29 is 18.0 Å². The van der Waals surface area contributed by atoms with E-state index in [0.29, 0.717) is 25.7 Å². The highest BCUT2D eigenvalue weighted by Gasteiger charge is 2.62. The van der Waals surface area contributed by atoms with Crippen LogP contribution >= 0.6 is 0 Å². The van der Waals surface area contributed by atoms with E-state index in [2.05, 4.69) is 10.0 Å². The number of carbonyl (C=O) groups is 2. The molecular formula is C17H28N2O4S. The molecular weight excluding hydrogens is 328 g/mol. The van der Waals surface area contributed by atoms with Crippen LogP contribution in [-0.2, 0) is 19.6 Å². The largest absolute Gasteiger partial charge is 0.341 e. The predicted molar refractivity (Wildman–Crippen MR) is 92.6 cm³/mol. The lowest BCUT2D eigenvalue weighted by Gasteiger charge is -2.22. The lowest BCUT2D eigenvalue weighted by atomic mass is 10.1. The molecule has 7 heteroatoms. The normalized spacial score (nSPS) is 29.1. The summed E-state index contributed by atoms with van der Waals surface area (Å²) in [4.78, 5) is 25.0. The van der Waals surface area contributed by atoms with Gasteiger partial charge in [0.2, 0.25) is 15.9 Å². The Morgan fingerprint density at radius 3 is 2.42 bits per heavy atom. The zero-order chi connectivity index (χ0) is 18.2. The van der Waals surface area contributed by atoms with Crippen molar-refractivity contribution in [3.63, 3.8) is 0 Å². The molecule has 0 aliphatic heterocycles. The fourth-order valence-electron chi connectivity index (χ4n) is 2.59. The van der Waals surface area contributed by atoms with Crippen molar-refractivity contribution in [3.8, 4) is 0 Å². The molecule has 0 bridgehead atoms. The number of hydrogen-bond acceptors (Lipinski definition) is 4. The molecule has 0 saturated heterocycles. The highest BCUT2D eigenvalue weighted by Crippen LogP contribution is 2.47. The molecule has 0 aromatic rings. The molecule has 2 rings (SSSR count). The van der Waals surface area contributed by atoms with Gasteiger partial charge in [0.25, 0.3) is 5.91 Å². The smallest absolute Gasteiger partial charge is 0.259 e. The highest BCUT2D eigenvalue weighted by molar-refractivity contribution is 7.91. The summed E-state index contributed by atoms with van der Waals surface area (Å²) in [5.41, 5.74) is -1.13. The van der Waals surface area contributed by atoms with E-state index < -0.39 is 26.2 Å². The molecule has 24 heavy (non-hydrogen) atoms. The van der Waals surface area contributed by atoms with Gasteiger partial charge in [0.1, 0.15) is 5.54 Å². The summed E-state index contributed by atoms with van der Waals surface area (Å²) < 4.78 is 26.0. The highest BCUT2D eigenvalue weighted by atomic mass is 32.2. The van der Waals surface area contributed by atoms with Crippen molar-refractivity contribution in [2.24, 2.45) is 11.8 Å². The average molecular weight is 356 g/mol. The maximum atomic E-state index is 12.7. The molecule has 0 aromatic carbocycles. The Labute approximate surface area is 144 Å². The Hall–Kier alpha value is -1.37. The fraction of sp³-hybridized carbons (Fsp3) is 0.765. The standard InChI is InChI=1S/C17H28N2O4S/c1-5-7-8-13-11-17(13,18-14(20)12(3)6-2)15(21)19-24(22,23)16(4)9-10-16/h7-8,12-13H,5-6,9-11H2,1-4H3,(H,18,20)(H,19,21). The first-order chi connectivity index (χ1) is 11.1. The third kappa shape index (κ3) is 3.50. The van der Waals surface area contributed by atoms with Gasteiger partial charge < -0.3 is 5.32 Å². The monoisotopic (exact) mass is 356 g/mol. The van der Waals surface area contributed by atoms with E-state index in [1.807, 2.05) is 26.0 Å². The molecule has 2 N–H and O–H groups in total. The summed E-state index contributed by atoms with van der Waals surface area (Å²) in [5.74, 6) is -1.20. The molecule has 3 atom stereocenters. The second kappa shape index (κ2) is 6.50. The summed E-state index contributed by atoms with van der Waals surface area (Å²) in [7, 11) is -3.71. The van der Waals surface area contributed by atoms with Crippen molar-refractivity contribution >= 4 is 21.8 Å². The minimum absolute atomic E-state index is 0.160. The van der Waals surface area contributed by atoms with Crippen LogP contribution in [0.15, 0.2) is 12.2 Å². The number of hydrogen-bond donors (Lipinski definition) is 2. The number of nitrogens with one attached hydrogen (secondary N) is 2. The SMILES string of the molecule is CCC=CC1CC1(NC(=O)C(C)CC)C(=O)NS(=O)(=O)C1(C)CC1. The summed E-state index contributed by atoms with van der Waals surface area (Å²) in [5, 5.41) is 2.80. The molecule has 2 aliphatic carbocycles. The van der Waals surface area contributed by atoms with Gasteiger partial charge >= 0.3 is 0 Å². The topological polar surface area (TPSA) is 92.3 Å². The van der Waals surface area contributed by atoms with Gasteiger partial charge in [0.15, 0.2) is 0 Å². The number of allylic oxidation sites excluding steroid dienone is 1. The minimum Gasteiger partial charge on any atom is -0.341 e. The maximum absolute atomic E-state index is 12.7. The number of carbonyl (C=O) groups excluding carboxylic acids is 2. The molecule has 2 aliphatic rings. The Balaban J connectivity index is 2.16. The molecule has 3 unspecified atom stereocenters. The van der Waals surface area contributed by atoms with Gasteiger partial charge in [-0.15, -0.1) is 0 Å². The molecule has 6 nitrogen and oxygen atoms in total. The first-order valence-corrected chi connectivity index (χ1v) is 10.2. The van der Waals surface area contributed by atoms with E-state index in [1.54, 1.807) is 13.8 Å². The van der Waals surface area contributed by atoms with Crippen LogP contribution in [0.5, 0.6) is 0 Å². The van der Waals surface area contributed by atoms with E-state index in [0.717, 1.165) is 6.42 Å². The Morgan fingerprint density at radius 1 is 1.29 bits per heavy atom. The van der Waals surface area contributed by atoms with Crippen LogP contribution in [0.2, 0.25) is 0 Å². The van der Waals surface area contributed by atoms with Gasteiger partial charge in [-0.25, -0.2) is 8.42 Å². The van der Waals surface area contributed by atoms with Crippen molar-refractivity contribution in [2.75, 3.05) is 0 Å². The molecule has 0 radical (unpaired) electrons. The lowest BCUT2D eigenvalue weighted by molar-refractivity contribution is -0.131. The first kappa shape index (κ1) is 19.0. The fourth-order valence-corrected chi connectivity index (χ4v) is 3.90. The zero-order valence-electron chi connectivity index (χ0n) is 14.9. The number of sulfonamides is 1. The second-order valence-corrected chi connectivity index (χ2v) is 9.50. The van der Waals surface area contributed by atoms with Crippen LogP contribution in [0.1, 0.15) is 59.8 Å². The summed E-state index contributed by atoms with van der Waals surface area (Å²) in [6.07, 6.45) is 6.86. The van der Waals surface area contributed by atoms with Gasteiger partial charge in [-0.1, -0.05) is 32.9 Å². The van der Waals surface area contributed by atoms with E-state index in [4.69, 9.17) is 0 Å². The quantitative estimate of drug-likeness (QED) is 0.650. The molecule has 2 amide bonds. The van der Waals surface area contributed by atoms with Crippen molar-refractivity contribution in [1.29, 1.82) is 0 Å². The maximum Gasteiger partial charge on any atom is 0.259 e. The van der Waals surface area contributed by atoms with Crippen molar-refractivity contribution in [2.45, 2.75) is 70.1 Å². The van der Waals surface area contributed by atoms with Gasteiger partial charge in [-0.3, -0.25) is 14.3 Å². The van der Waals surface area contributed by atoms with Crippen LogP contribution in [-0.4, -0.2) is 30.5 Å². The van der Waals surface area contributed by atoms with Gasteiger partial charge in [0.05, 0.1) is 4.75 Å². The van der Waals surface area contributed by atoms with Crippen LogP contribution in [0.3, 0.4) is 0 Å². The Bertz CT molecular complexity index is 652. The van der Waals surface area contributed by atoms with E-state index >= 15 is 0 Å². The Kier molecular flexibility index (Phi) is 5.14. The van der Waals surface area contributed by atoms with Gasteiger partial charge in [0, 0.05) is 11.8 Å². The van der Waals surface area contributed by atoms with E-state index in [-0.39, 0.29) is 17.7 Å². The summed E-state index contributed by atoms with van der Waals surface area (Å²) >= 11 is 0. The molecule has 0 aromatic heterocycles. The van der Waals surface area contributed by atoms with Crippen LogP contribution in [0.4, 0.5) is 0 Å². The van der Waals surface area contributed by atoms with Gasteiger partial charge in [-0.05, 0) is 39.0 Å². The summed E-state index contributed by atoms with van der Waals surface area (Å²) in [6, 6.07) is 0. The number of rotatable bonds is 8. The number of amides is 2. The van der Waals surface area contributed by atoms with Crippen LogP contribution in [0, 0.1) is 11.8 Å². The third-order valence-corrected chi connectivity index (χ3v) is 7.42. The first-order valence-electron chi connectivity index (χ1n) is 8.67. The van der Waals surface area contributed by atoms with Crippen molar-refractivity contribution in [1.82, 2.24) is 10.0 Å². The third-order valence-electron chi connectivity index (χ3n) is 5.26. The van der Waals surface area contributed by atoms with Gasteiger partial charge in [-0.2, -0.15) is 0 Å². The minimum atomic E-state index is -3.71. The Morgan fingerprint density at radius 2 is 1.92 bits per heavy atom. The van der Waals surface area contributed by atoms with Crippen molar-refractivity contribution in [3.05, 3.63) is 12.2 Å². The van der Waals surface area contributed by atoms with E-state index in [1.165, 1.54) is 0 Å². The predicted octanol–water partition coefficient (Wildman–Crippen LogP) is 1.87.